The maximum absolute atomic E-state index is 11.4. The Morgan fingerprint density at radius 1 is 1.39 bits per heavy atom. The summed E-state index contributed by atoms with van der Waals surface area (Å²) in [6.07, 6.45) is 4.93. The van der Waals surface area contributed by atoms with Crippen molar-refractivity contribution in [2.45, 2.75) is 31.8 Å². The zero-order valence-electron chi connectivity index (χ0n) is 9.93. The summed E-state index contributed by atoms with van der Waals surface area (Å²) in [6, 6.07) is 3.50. The van der Waals surface area contributed by atoms with Crippen LogP contribution in [-0.2, 0) is 4.79 Å². The lowest BCUT2D eigenvalue weighted by molar-refractivity contribution is -0.126. The van der Waals surface area contributed by atoms with E-state index in [1.54, 1.807) is 18.3 Å². The van der Waals surface area contributed by atoms with Crippen molar-refractivity contribution in [3.63, 3.8) is 0 Å². The Balaban J connectivity index is 1.83. The second kappa shape index (κ2) is 6.02. The lowest BCUT2D eigenvalue weighted by atomic mass is 9.87. The van der Waals surface area contributed by atoms with Crippen LogP contribution in [0, 0.1) is 5.92 Å². The maximum Gasteiger partial charge on any atom is 0.236 e. The van der Waals surface area contributed by atoms with E-state index >= 15 is 0 Å². The van der Waals surface area contributed by atoms with E-state index in [1.807, 2.05) is 0 Å². The molecule has 2 rings (SSSR count). The number of hydrazine groups is 1. The van der Waals surface area contributed by atoms with Gasteiger partial charge in [-0.05, 0) is 31.7 Å². The number of nitrogens with zero attached hydrogens (tertiary/aromatic N) is 1. The van der Waals surface area contributed by atoms with Gasteiger partial charge in [0.25, 0.3) is 0 Å². The van der Waals surface area contributed by atoms with Crippen LogP contribution in [0.15, 0.2) is 18.3 Å². The number of carbonyl (C=O) groups excluding carboxylic acids is 1. The smallest absolute Gasteiger partial charge is 0.236 e. The average Bonchev–Trinajstić information content (AvgIpc) is 2.41. The first-order chi connectivity index (χ1) is 8.69. The van der Waals surface area contributed by atoms with Gasteiger partial charge in [0.15, 0.2) is 0 Å². The fraction of sp³-hybridized carbons (Fsp3) is 0.500. The minimum Gasteiger partial charge on any atom is -0.474 e. The van der Waals surface area contributed by atoms with E-state index in [9.17, 15) is 4.79 Å². The van der Waals surface area contributed by atoms with Gasteiger partial charge in [-0.15, -0.1) is 0 Å². The third-order valence-corrected chi connectivity index (χ3v) is 3.40. The van der Waals surface area contributed by atoms with Gasteiger partial charge in [-0.25, -0.2) is 10.8 Å². The summed E-state index contributed by atoms with van der Waals surface area (Å²) < 4.78 is 5.74. The Kier molecular flexibility index (Phi) is 4.38. The topological polar surface area (TPSA) is 77.2 Å². The van der Waals surface area contributed by atoms with Crippen molar-refractivity contribution >= 4 is 17.5 Å². The minimum absolute atomic E-state index is 0.00743. The van der Waals surface area contributed by atoms with Crippen molar-refractivity contribution in [1.29, 1.82) is 0 Å². The summed E-state index contributed by atoms with van der Waals surface area (Å²) in [6.45, 7) is 0. The normalized spacial score (nSPS) is 23.4. The third-order valence-electron chi connectivity index (χ3n) is 3.17. The minimum atomic E-state index is -0.0851. The predicted octanol–water partition coefficient (Wildman–Crippen LogP) is 1.66. The van der Waals surface area contributed by atoms with Crippen LogP contribution >= 0.6 is 11.6 Å². The molecule has 1 aliphatic rings. The molecule has 1 saturated carbocycles. The van der Waals surface area contributed by atoms with Gasteiger partial charge in [0.05, 0.1) is 5.02 Å². The molecule has 1 amide bonds. The largest absolute Gasteiger partial charge is 0.474 e. The molecule has 1 aliphatic carbocycles. The van der Waals surface area contributed by atoms with Crippen molar-refractivity contribution in [2.24, 2.45) is 11.8 Å². The van der Waals surface area contributed by atoms with Crippen molar-refractivity contribution < 1.29 is 9.53 Å². The number of amides is 1. The average molecular weight is 270 g/mol. The van der Waals surface area contributed by atoms with Gasteiger partial charge < -0.3 is 4.74 Å². The number of nitrogens with two attached hydrogens (primary N) is 1. The highest BCUT2D eigenvalue weighted by atomic mass is 35.5. The Hall–Kier alpha value is -1.33. The third kappa shape index (κ3) is 3.34. The molecule has 0 spiro atoms. The van der Waals surface area contributed by atoms with Crippen LogP contribution in [0.5, 0.6) is 5.88 Å². The van der Waals surface area contributed by atoms with Gasteiger partial charge in [-0.2, -0.15) is 0 Å². The second-order valence-corrected chi connectivity index (χ2v) is 4.85. The number of ether oxygens (including phenoxy) is 1. The second-order valence-electron chi connectivity index (χ2n) is 4.41. The van der Waals surface area contributed by atoms with E-state index in [-0.39, 0.29) is 17.9 Å². The Labute approximate surface area is 111 Å². The Bertz CT molecular complexity index is 402. The van der Waals surface area contributed by atoms with Crippen LogP contribution in [0.1, 0.15) is 25.7 Å². The SMILES string of the molecule is NNC(=O)[C@H]1CC[C@H](Oc2ccc(Cl)cn2)CC1. The molecule has 1 fully saturated rings. The van der Waals surface area contributed by atoms with Crippen LogP contribution in [0.25, 0.3) is 0 Å². The van der Waals surface area contributed by atoms with Crippen LogP contribution < -0.4 is 16.0 Å². The van der Waals surface area contributed by atoms with Gasteiger partial charge in [0, 0.05) is 18.2 Å². The molecule has 3 N–H and O–H groups in total. The molecule has 0 bridgehead atoms. The lowest BCUT2D eigenvalue weighted by Gasteiger charge is -2.27. The zero-order valence-corrected chi connectivity index (χ0v) is 10.7. The summed E-state index contributed by atoms with van der Waals surface area (Å²) in [5.74, 6) is 5.62. The standard InChI is InChI=1S/C12H16ClN3O2/c13-9-3-6-11(15-7-9)18-10-4-1-8(2-5-10)12(17)16-14/h3,6-8,10H,1-2,4-5,14H2,(H,16,17)/t8-,10-. The van der Waals surface area contributed by atoms with Gasteiger partial charge in [0.2, 0.25) is 11.8 Å². The first-order valence-electron chi connectivity index (χ1n) is 5.97. The molecular weight excluding hydrogens is 254 g/mol. The molecule has 0 unspecified atom stereocenters. The Morgan fingerprint density at radius 3 is 2.67 bits per heavy atom. The zero-order chi connectivity index (χ0) is 13.0. The molecular formula is C12H16ClN3O2. The van der Waals surface area contributed by atoms with E-state index in [1.165, 1.54) is 0 Å². The fourth-order valence-electron chi connectivity index (χ4n) is 2.16. The lowest BCUT2D eigenvalue weighted by Crippen LogP contribution is -2.38. The first-order valence-corrected chi connectivity index (χ1v) is 6.35. The van der Waals surface area contributed by atoms with Gasteiger partial charge >= 0.3 is 0 Å². The van der Waals surface area contributed by atoms with Crippen LogP contribution in [-0.4, -0.2) is 17.0 Å². The maximum atomic E-state index is 11.4. The summed E-state index contributed by atoms with van der Waals surface area (Å²) in [5.41, 5.74) is 2.20. The molecule has 0 radical (unpaired) electrons. The van der Waals surface area contributed by atoms with Crippen molar-refractivity contribution in [2.75, 3.05) is 0 Å². The predicted molar refractivity (Wildman–Crippen MR) is 68.0 cm³/mol. The van der Waals surface area contributed by atoms with E-state index in [0.717, 1.165) is 25.7 Å². The fourth-order valence-corrected chi connectivity index (χ4v) is 2.28. The molecule has 0 aliphatic heterocycles. The highest BCUT2D eigenvalue weighted by molar-refractivity contribution is 6.30. The molecule has 1 heterocycles. The number of hydrogen-bond donors (Lipinski definition) is 2. The first kappa shape index (κ1) is 13.1. The molecule has 98 valence electrons. The van der Waals surface area contributed by atoms with Crippen LogP contribution in [0.2, 0.25) is 5.02 Å². The number of halogens is 1. The van der Waals surface area contributed by atoms with Crippen LogP contribution in [0.3, 0.4) is 0 Å². The molecule has 1 aromatic heterocycles. The molecule has 18 heavy (non-hydrogen) atoms. The quantitative estimate of drug-likeness (QED) is 0.497. The summed E-state index contributed by atoms with van der Waals surface area (Å²) in [7, 11) is 0. The highest BCUT2D eigenvalue weighted by Gasteiger charge is 2.26. The molecule has 0 atom stereocenters. The van der Waals surface area contributed by atoms with Crippen LogP contribution in [0.4, 0.5) is 0 Å². The number of pyridine rings is 1. The number of hydrogen-bond acceptors (Lipinski definition) is 4. The van der Waals surface area contributed by atoms with Gasteiger partial charge in [-0.3, -0.25) is 10.2 Å². The number of carbonyl (C=O) groups is 1. The number of aromatic nitrogens is 1. The molecule has 0 saturated heterocycles. The summed E-state index contributed by atoms with van der Waals surface area (Å²) >= 11 is 5.75. The highest BCUT2D eigenvalue weighted by Crippen LogP contribution is 2.27. The van der Waals surface area contributed by atoms with Crippen molar-refractivity contribution in [1.82, 2.24) is 10.4 Å². The molecule has 0 aromatic carbocycles. The van der Waals surface area contributed by atoms with Gasteiger partial charge in [-0.1, -0.05) is 11.6 Å². The van der Waals surface area contributed by atoms with Crippen molar-refractivity contribution in [3.05, 3.63) is 23.4 Å². The number of nitrogens with one attached hydrogen (secondary N) is 1. The van der Waals surface area contributed by atoms with E-state index < -0.39 is 0 Å². The van der Waals surface area contributed by atoms with E-state index in [2.05, 4.69) is 10.4 Å². The summed E-state index contributed by atoms with van der Waals surface area (Å²) in [4.78, 5) is 15.5. The molecule has 5 nitrogen and oxygen atoms in total. The molecule has 1 aromatic rings. The van der Waals surface area contributed by atoms with E-state index in [4.69, 9.17) is 22.2 Å². The van der Waals surface area contributed by atoms with E-state index in [0.29, 0.717) is 10.9 Å². The summed E-state index contributed by atoms with van der Waals surface area (Å²) in [5, 5.41) is 0.589. The number of rotatable bonds is 3. The monoisotopic (exact) mass is 269 g/mol. The molecule has 6 heteroatoms. The Morgan fingerprint density at radius 2 is 2.11 bits per heavy atom. The van der Waals surface area contributed by atoms with Crippen molar-refractivity contribution in [3.8, 4) is 5.88 Å². The van der Waals surface area contributed by atoms with Gasteiger partial charge in [0.1, 0.15) is 6.10 Å².